The van der Waals surface area contributed by atoms with Gasteiger partial charge in [0.05, 0.1) is 0 Å². The van der Waals surface area contributed by atoms with E-state index in [1.807, 2.05) is 0 Å². The summed E-state index contributed by atoms with van der Waals surface area (Å²) in [5.41, 5.74) is 0.535. The van der Waals surface area contributed by atoms with E-state index in [0.29, 0.717) is 0 Å². The normalized spacial score (nSPS) is 25.8. The van der Waals surface area contributed by atoms with Crippen molar-refractivity contribution in [1.82, 2.24) is 15.1 Å². The monoisotopic (exact) mass is 213 g/mol. The minimum atomic E-state index is 0.252. The molecule has 15 heavy (non-hydrogen) atoms. The second kappa shape index (κ2) is 4.40. The summed E-state index contributed by atoms with van der Waals surface area (Å²) in [5.74, 6) is 0. The topological polar surface area (TPSA) is 18.5 Å². The van der Waals surface area contributed by atoms with Gasteiger partial charge in [0.2, 0.25) is 0 Å². The zero-order valence-corrected chi connectivity index (χ0v) is 11.2. The lowest BCUT2D eigenvalue weighted by atomic mass is 9.91. The van der Waals surface area contributed by atoms with Gasteiger partial charge in [-0.15, -0.1) is 0 Å². The molecule has 0 aliphatic carbocycles. The molecule has 0 aromatic heterocycles. The SMILES string of the molecule is CN(C)CCN1CC(C)(C)NCC1(C)C. The summed E-state index contributed by atoms with van der Waals surface area (Å²) in [6.07, 6.45) is 0. The van der Waals surface area contributed by atoms with Crippen molar-refractivity contribution in [2.45, 2.75) is 38.8 Å². The first-order valence-electron chi connectivity index (χ1n) is 5.88. The van der Waals surface area contributed by atoms with Crippen LogP contribution >= 0.6 is 0 Å². The fourth-order valence-electron chi connectivity index (χ4n) is 2.02. The lowest BCUT2D eigenvalue weighted by Crippen LogP contribution is -2.66. The van der Waals surface area contributed by atoms with Gasteiger partial charge in [-0.25, -0.2) is 0 Å². The Bertz CT molecular complexity index is 209. The van der Waals surface area contributed by atoms with Gasteiger partial charge in [-0.1, -0.05) is 0 Å². The third kappa shape index (κ3) is 3.74. The molecule has 0 aromatic carbocycles. The van der Waals surface area contributed by atoms with Gasteiger partial charge in [0, 0.05) is 37.3 Å². The van der Waals surface area contributed by atoms with E-state index >= 15 is 0 Å². The van der Waals surface area contributed by atoms with Crippen molar-refractivity contribution in [3.05, 3.63) is 0 Å². The average molecular weight is 213 g/mol. The van der Waals surface area contributed by atoms with Gasteiger partial charge >= 0.3 is 0 Å². The van der Waals surface area contributed by atoms with Gasteiger partial charge in [0.1, 0.15) is 0 Å². The number of nitrogens with one attached hydrogen (secondary N) is 1. The van der Waals surface area contributed by atoms with Crippen molar-refractivity contribution in [3.63, 3.8) is 0 Å². The van der Waals surface area contributed by atoms with Crippen LogP contribution in [0.2, 0.25) is 0 Å². The molecule has 0 atom stereocenters. The largest absolute Gasteiger partial charge is 0.309 e. The molecule has 1 saturated heterocycles. The summed E-state index contributed by atoms with van der Waals surface area (Å²) < 4.78 is 0. The Hall–Kier alpha value is -0.120. The Kier molecular flexibility index (Phi) is 3.80. The molecule has 1 fully saturated rings. The van der Waals surface area contributed by atoms with Gasteiger partial charge in [-0.2, -0.15) is 0 Å². The predicted octanol–water partition coefficient (Wildman–Crippen LogP) is 1.01. The first kappa shape index (κ1) is 12.9. The molecule has 0 saturated carbocycles. The lowest BCUT2D eigenvalue weighted by molar-refractivity contribution is 0.0347. The highest BCUT2D eigenvalue weighted by atomic mass is 15.3. The molecule has 90 valence electrons. The molecule has 1 aliphatic rings. The molecule has 0 aromatic rings. The zero-order valence-electron chi connectivity index (χ0n) is 11.2. The molecular weight excluding hydrogens is 186 g/mol. The molecule has 0 amide bonds. The maximum atomic E-state index is 3.61. The summed E-state index contributed by atoms with van der Waals surface area (Å²) >= 11 is 0. The molecular formula is C12H27N3. The zero-order chi connectivity index (χ0) is 11.7. The van der Waals surface area contributed by atoms with E-state index in [1.165, 1.54) is 0 Å². The fourth-order valence-corrected chi connectivity index (χ4v) is 2.02. The van der Waals surface area contributed by atoms with Crippen LogP contribution in [-0.2, 0) is 0 Å². The van der Waals surface area contributed by atoms with Crippen LogP contribution in [0.4, 0.5) is 0 Å². The third-order valence-corrected chi connectivity index (χ3v) is 3.26. The molecule has 0 radical (unpaired) electrons. The smallest absolute Gasteiger partial charge is 0.0279 e. The van der Waals surface area contributed by atoms with Crippen LogP contribution in [0.25, 0.3) is 0 Å². The van der Waals surface area contributed by atoms with E-state index in [2.05, 4.69) is 56.9 Å². The van der Waals surface area contributed by atoms with E-state index < -0.39 is 0 Å². The molecule has 0 unspecified atom stereocenters. The van der Waals surface area contributed by atoms with Gasteiger partial charge in [0.15, 0.2) is 0 Å². The van der Waals surface area contributed by atoms with Crippen molar-refractivity contribution >= 4 is 0 Å². The summed E-state index contributed by atoms with van der Waals surface area (Å²) in [6, 6.07) is 0. The molecule has 1 heterocycles. The second-order valence-electron chi connectivity index (χ2n) is 6.27. The quantitative estimate of drug-likeness (QED) is 0.755. The van der Waals surface area contributed by atoms with Crippen molar-refractivity contribution in [2.24, 2.45) is 0 Å². The van der Waals surface area contributed by atoms with E-state index in [1.54, 1.807) is 0 Å². The van der Waals surface area contributed by atoms with Crippen LogP contribution < -0.4 is 5.32 Å². The van der Waals surface area contributed by atoms with Crippen LogP contribution in [0.1, 0.15) is 27.7 Å². The first-order valence-corrected chi connectivity index (χ1v) is 5.88. The number of rotatable bonds is 3. The average Bonchev–Trinajstić information content (AvgIpc) is 2.07. The van der Waals surface area contributed by atoms with Crippen molar-refractivity contribution < 1.29 is 0 Å². The fraction of sp³-hybridized carbons (Fsp3) is 1.00. The molecule has 1 aliphatic heterocycles. The van der Waals surface area contributed by atoms with Crippen molar-refractivity contribution in [2.75, 3.05) is 40.3 Å². The Balaban J connectivity index is 2.57. The highest BCUT2D eigenvalue weighted by Crippen LogP contribution is 2.22. The highest BCUT2D eigenvalue weighted by Gasteiger charge is 2.36. The van der Waals surface area contributed by atoms with Crippen LogP contribution in [0.3, 0.4) is 0 Å². The van der Waals surface area contributed by atoms with Crippen LogP contribution in [-0.4, -0.2) is 61.2 Å². The first-order chi connectivity index (χ1) is 6.73. The number of likely N-dealkylation sites (N-methyl/N-ethyl adjacent to an activating group) is 1. The molecule has 0 bridgehead atoms. The van der Waals surface area contributed by atoms with E-state index in [9.17, 15) is 0 Å². The van der Waals surface area contributed by atoms with Crippen LogP contribution in [0.15, 0.2) is 0 Å². The summed E-state index contributed by atoms with van der Waals surface area (Å²) in [4.78, 5) is 4.86. The highest BCUT2D eigenvalue weighted by molar-refractivity contribution is 4.97. The van der Waals surface area contributed by atoms with Crippen LogP contribution in [0.5, 0.6) is 0 Å². The molecule has 3 heteroatoms. The molecule has 3 nitrogen and oxygen atoms in total. The van der Waals surface area contributed by atoms with Crippen LogP contribution in [0, 0.1) is 0 Å². The van der Waals surface area contributed by atoms with Gasteiger partial charge in [-0.05, 0) is 41.8 Å². The minimum absolute atomic E-state index is 0.252. The Morgan fingerprint density at radius 2 is 1.80 bits per heavy atom. The minimum Gasteiger partial charge on any atom is -0.309 e. The number of piperazine rings is 1. The maximum Gasteiger partial charge on any atom is 0.0279 e. The van der Waals surface area contributed by atoms with E-state index in [-0.39, 0.29) is 11.1 Å². The number of hydrogen-bond donors (Lipinski definition) is 1. The predicted molar refractivity (Wildman–Crippen MR) is 66.3 cm³/mol. The van der Waals surface area contributed by atoms with Crippen molar-refractivity contribution in [1.29, 1.82) is 0 Å². The summed E-state index contributed by atoms with van der Waals surface area (Å²) in [6.45, 7) is 13.7. The van der Waals surface area contributed by atoms with Crippen molar-refractivity contribution in [3.8, 4) is 0 Å². The van der Waals surface area contributed by atoms with Gasteiger partial charge < -0.3 is 10.2 Å². The summed E-state index contributed by atoms with van der Waals surface area (Å²) in [5, 5.41) is 3.61. The van der Waals surface area contributed by atoms with Gasteiger partial charge in [0.25, 0.3) is 0 Å². The van der Waals surface area contributed by atoms with E-state index in [0.717, 1.165) is 26.2 Å². The van der Waals surface area contributed by atoms with E-state index in [4.69, 9.17) is 0 Å². The number of nitrogens with zero attached hydrogens (tertiary/aromatic N) is 2. The Labute approximate surface area is 94.8 Å². The summed E-state index contributed by atoms with van der Waals surface area (Å²) in [7, 11) is 4.28. The molecule has 0 spiro atoms. The maximum absolute atomic E-state index is 3.61. The second-order valence-corrected chi connectivity index (χ2v) is 6.27. The van der Waals surface area contributed by atoms with Gasteiger partial charge in [-0.3, -0.25) is 4.90 Å². The Morgan fingerprint density at radius 1 is 1.20 bits per heavy atom. The number of hydrogen-bond acceptors (Lipinski definition) is 3. The third-order valence-electron chi connectivity index (χ3n) is 3.26. The molecule has 1 N–H and O–H groups in total. The Morgan fingerprint density at radius 3 is 2.33 bits per heavy atom. The standard InChI is InChI=1S/C12H27N3/c1-11(2)10-15(8-7-14(5)6)12(3,4)9-13-11/h13H,7-10H2,1-6H3. The molecule has 1 rings (SSSR count). The lowest BCUT2D eigenvalue weighted by Gasteiger charge is -2.50.